The third-order valence-corrected chi connectivity index (χ3v) is 2.28. The van der Waals surface area contributed by atoms with Crippen molar-refractivity contribution in [2.24, 2.45) is 5.92 Å². The van der Waals surface area contributed by atoms with Gasteiger partial charge < -0.3 is 15.5 Å². The molecule has 0 radical (unpaired) electrons. The number of amides is 2. The van der Waals surface area contributed by atoms with Crippen LogP contribution in [0.5, 0.6) is 0 Å². The van der Waals surface area contributed by atoms with Gasteiger partial charge in [-0.2, -0.15) is 0 Å². The van der Waals surface area contributed by atoms with E-state index in [4.69, 9.17) is 0 Å². The molecule has 0 unspecified atom stereocenters. The Morgan fingerprint density at radius 3 is 2.27 bits per heavy atom. The predicted octanol–water partition coefficient (Wildman–Crippen LogP) is 1.28. The molecule has 4 nitrogen and oxygen atoms in total. The average Bonchev–Trinajstić information content (AvgIpc) is 2.21. The number of carbonyl (C=O) groups excluding carboxylic acids is 1. The van der Waals surface area contributed by atoms with Crippen molar-refractivity contribution in [2.75, 3.05) is 32.7 Å². The van der Waals surface area contributed by atoms with Crippen molar-refractivity contribution in [2.45, 2.75) is 27.7 Å². The van der Waals surface area contributed by atoms with Crippen LogP contribution >= 0.6 is 0 Å². The zero-order valence-electron chi connectivity index (χ0n) is 10.5. The first-order valence-electron chi connectivity index (χ1n) is 5.84. The van der Waals surface area contributed by atoms with Crippen LogP contribution in [0.2, 0.25) is 0 Å². The summed E-state index contributed by atoms with van der Waals surface area (Å²) < 4.78 is 0. The van der Waals surface area contributed by atoms with E-state index < -0.39 is 0 Å². The van der Waals surface area contributed by atoms with E-state index in [9.17, 15) is 4.79 Å². The molecule has 0 rings (SSSR count). The maximum Gasteiger partial charge on any atom is 0.314 e. The molecule has 0 aliphatic rings. The van der Waals surface area contributed by atoms with Gasteiger partial charge in [0.2, 0.25) is 0 Å². The quantitative estimate of drug-likeness (QED) is 0.672. The smallest absolute Gasteiger partial charge is 0.314 e. The van der Waals surface area contributed by atoms with Crippen LogP contribution in [-0.4, -0.2) is 43.7 Å². The van der Waals surface area contributed by atoms with Gasteiger partial charge in [-0.1, -0.05) is 27.7 Å². The Hall–Kier alpha value is -0.770. The van der Waals surface area contributed by atoms with Crippen molar-refractivity contribution in [3.8, 4) is 0 Å². The number of carbonyl (C=O) groups is 1. The van der Waals surface area contributed by atoms with Gasteiger partial charge >= 0.3 is 6.03 Å². The van der Waals surface area contributed by atoms with Crippen molar-refractivity contribution in [1.29, 1.82) is 0 Å². The van der Waals surface area contributed by atoms with E-state index in [0.717, 1.165) is 26.2 Å². The number of hydrogen-bond donors (Lipinski definition) is 2. The van der Waals surface area contributed by atoms with Gasteiger partial charge in [0.15, 0.2) is 0 Å². The second-order valence-corrected chi connectivity index (χ2v) is 4.06. The Morgan fingerprint density at radius 2 is 1.80 bits per heavy atom. The highest BCUT2D eigenvalue weighted by Crippen LogP contribution is 1.87. The summed E-state index contributed by atoms with van der Waals surface area (Å²) in [5.41, 5.74) is 0. The SMILES string of the molecule is CCN(CC)CCNC(=O)NCC(C)C. The Balaban J connectivity index is 3.46. The number of likely N-dealkylation sites (N-methyl/N-ethyl adjacent to an activating group) is 1. The molecule has 2 amide bonds. The van der Waals surface area contributed by atoms with Gasteiger partial charge in [0, 0.05) is 19.6 Å². The summed E-state index contributed by atoms with van der Waals surface area (Å²) >= 11 is 0. The molecule has 0 heterocycles. The predicted molar refractivity (Wildman–Crippen MR) is 64.0 cm³/mol. The van der Waals surface area contributed by atoms with Crippen LogP contribution in [0.4, 0.5) is 4.79 Å². The molecule has 0 fully saturated rings. The summed E-state index contributed by atoms with van der Waals surface area (Å²) in [6, 6.07) is -0.0594. The molecule has 15 heavy (non-hydrogen) atoms. The fraction of sp³-hybridized carbons (Fsp3) is 0.909. The van der Waals surface area contributed by atoms with E-state index in [0.29, 0.717) is 12.5 Å². The lowest BCUT2D eigenvalue weighted by molar-refractivity contribution is 0.235. The first-order valence-corrected chi connectivity index (χ1v) is 5.84. The summed E-state index contributed by atoms with van der Waals surface area (Å²) in [6.45, 7) is 12.8. The van der Waals surface area contributed by atoms with Gasteiger partial charge in [0.25, 0.3) is 0 Å². The molecule has 0 saturated carbocycles. The van der Waals surface area contributed by atoms with Crippen LogP contribution in [0.25, 0.3) is 0 Å². The van der Waals surface area contributed by atoms with Crippen LogP contribution in [-0.2, 0) is 0 Å². The zero-order valence-corrected chi connectivity index (χ0v) is 10.5. The zero-order chi connectivity index (χ0) is 11.7. The van der Waals surface area contributed by atoms with Gasteiger partial charge in [-0.05, 0) is 19.0 Å². The van der Waals surface area contributed by atoms with E-state index >= 15 is 0 Å². The van der Waals surface area contributed by atoms with Crippen molar-refractivity contribution in [3.05, 3.63) is 0 Å². The van der Waals surface area contributed by atoms with Gasteiger partial charge in [-0.25, -0.2) is 4.79 Å². The second-order valence-electron chi connectivity index (χ2n) is 4.06. The molecule has 0 aliphatic carbocycles. The molecule has 0 aliphatic heterocycles. The fourth-order valence-electron chi connectivity index (χ4n) is 1.23. The van der Waals surface area contributed by atoms with Crippen molar-refractivity contribution < 1.29 is 4.79 Å². The average molecular weight is 215 g/mol. The van der Waals surface area contributed by atoms with Crippen LogP contribution in [0.3, 0.4) is 0 Å². The maximum absolute atomic E-state index is 11.3. The van der Waals surface area contributed by atoms with Gasteiger partial charge in [-0.15, -0.1) is 0 Å². The van der Waals surface area contributed by atoms with Gasteiger partial charge in [-0.3, -0.25) is 0 Å². The Morgan fingerprint density at radius 1 is 1.20 bits per heavy atom. The van der Waals surface area contributed by atoms with Crippen LogP contribution in [0, 0.1) is 5.92 Å². The molecule has 0 spiro atoms. The topological polar surface area (TPSA) is 44.4 Å². The highest BCUT2D eigenvalue weighted by atomic mass is 16.2. The lowest BCUT2D eigenvalue weighted by atomic mass is 10.2. The highest BCUT2D eigenvalue weighted by Gasteiger charge is 2.02. The number of nitrogens with zero attached hydrogens (tertiary/aromatic N) is 1. The summed E-state index contributed by atoms with van der Waals surface area (Å²) in [4.78, 5) is 13.5. The molecule has 90 valence electrons. The first-order chi connectivity index (χ1) is 7.10. The third-order valence-electron chi connectivity index (χ3n) is 2.28. The largest absolute Gasteiger partial charge is 0.338 e. The minimum absolute atomic E-state index is 0.0594. The standard InChI is InChI=1S/C11H25N3O/c1-5-14(6-2)8-7-12-11(15)13-9-10(3)4/h10H,5-9H2,1-4H3,(H2,12,13,15). The van der Waals surface area contributed by atoms with Crippen LogP contribution in [0.15, 0.2) is 0 Å². The number of rotatable bonds is 7. The van der Waals surface area contributed by atoms with E-state index in [1.165, 1.54) is 0 Å². The van der Waals surface area contributed by atoms with Crippen molar-refractivity contribution in [1.82, 2.24) is 15.5 Å². The second kappa shape index (κ2) is 8.53. The maximum atomic E-state index is 11.3. The molecule has 4 heteroatoms. The Bertz CT molecular complexity index is 167. The fourth-order valence-corrected chi connectivity index (χ4v) is 1.23. The Labute approximate surface area is 93.4 Å². The van der Waals surface area contributed by atoms with Crippen molar-refractivity contribution in [3.63, 3.8) is 0 Å². The Kier molecular flexibility index (Phi) is 8.09. The van der Waals surface area contributed by atoms with Gasteiger partial charge in [0.05, 0.1) is 0 Å². The number of nitrogens with one attached hydrogen (secondary N) is 2. The van der Waals surface area contributed by atoms with Crippen molar-refractivity contribution >= 4 is 6.03 Å². The van der Waals surface area contributed by atoms with E-state index in [1.807, 2.05) is 0 Å². The first kappa shape index (κ1) is 14.2. The summed E-state index contributed by atoms with van der Waals surface area (Å²) in [5, 5.41) is 5.67. The highest BCUT2D eigenvalue weighted by molar-refractivity contribution is 5.73. The van der Waals surface area contributed by atoms with Gasteiger partial charge in [0.1, 0.15) is 0 Å². The van der Waals surface area contributed by atoms with Crippen LogP contribution in [0.1, 0.15) is 27.7 Å². The van der Waals surface area contributed by atoms with E-state index in [1.54, 1.807) is 0 Å². The molecule has 0 atom stereocenters. The summed E-state index contributed by atoms with van der Waals surface area (Å²) in [5.74, 6) is 0.499. The third kappa shape index (κ3) is 8.24. The lowest BCUT2D eigenvalue weighted by Gasteiger charge is -2.18. The monoisotopic (exact) mass is 215 g/mol. The van der Waals surface area contributed by atoms with E-state index in [-0.39, 0.29) is 6.03 Å². The summed E-state index contributed by atoms with van der Waals surface area (Å²) in [7, 11) is 0. The molecule has 0 aromatic rings. The van der Waals surface area contributed by atoms with E-state index in [2.05, 4.69) is 43.2 Å². The minimum atomic E-state index is -0.0594. The molecular formula is C11H25N3O. The normalized spacial score (nSPS) is 10.8. The minimum Gasteiger partial charge on any atom is -0.338 e. The molecule has 0 aromatic heterocycles. The molecule has 0 saturated heterocycles. The number of urea groups is 1. The lowest BCUT2D eigenvalue weighted by Crippen LogP contribution is -2.41. The molecular weight excluding hydrogens is 190 g/mol. The molecule has 0 aromatic carbocycles. The molecule has 2 N–H and O–H groups in total. The summed E-state index contributed by atoms with van der Waals surface area (Å²) in [6.07, 6.45) is 0. The van der Waals surface area contributed by atoms with Crippen LogP contribution < -0.4 is 10.6 Å². The number of hydrogen-bond acceptors (Lipinski definition) is 2. The molecule has 0 bridgehead atoms.